The van der Waals surface area contributed by atoms with Crippen LogP contribution in [0.25, 0.3) is 17.2 Å². The summed E-state index contributed by atoms with van der Waals surface area (Å²) in [6, 6.07) is 13.6. The second kappa shape index (κ2) is 11.7. The van der Waals surface area contributed by atoms with E-state index in [0.29, 0.717) is 35.4 Å². The van der Waals surface area contributed by atoms with E-state index in [1.165, 1.54) is 18.8 Å². The number of hydrogen-bond donors (Lipinski definition) is 1. The van der Waals surface area contributed by atoms with Crippen LogP contribution >= 0.6 is 0 Å². The summed E-state index contributed by atoms with van der Waals surface area (Å²) in [6.45, 7) is 2.22. The number of ether oxygens (including phenoxy) is 3. The maximum absolute atomic E-state index is 13.3. The van der Waals surface area contributed by atoms with Gasteiger partial charge in [-0.05, 0) is 43.2 Å². The van der Waals surface area contributed by atoms with Crippen molar-refractivity contribution in [1.29, 1.82) is 0 Å². The molecule has 0 unspecified atom stereocenters. The topological polar surface area (TPSA) is 147 Å². The molecular weight excluding hydrogens is 512 g/mol. The Morgan fingerprint density at radius 3 is 2.39 bits per heavy atom. The van der Waals surface area contributed by atoms with Gasteiger partial charge in [-0.25, -0.2) is 18.1 Å². The lowest BCUT2D eigenvalue weighted by Crippen LogP contribution is -2.35. The van der Waals surface area contributed by atoms with E-state index >= 15 is 0 Å². The van der Waals surface area contributed by atoms with Crippen LogP contribution in [-0.2, 0) is 16.4 Å². The molecule has 0 spiro atoms. The molecule has 0 atom stereocenters. The molecule has 38 heavy (non-hydrogen) atoms. The van der Waals surface area contributed by atoms with E-state index < -0.39 is 15.9 Å². The SMILES string of the molecule is CCOc1cccc(-c2nnc(C(=O)NS(=O)(=O)CCc3cccnc3)n2-c2c(OC)cccc2OC)n1. The summed E-state index contributed by atoms with van der Waals surface area (Å²) in [7, 11) is -1.12. The summed E-state index contributed by atoms with van der Waals surface area (Å²) in [4.78, 5) is 21.8. The van der Waals surface area contributed by atoms with Crippen molar-refractivity contribution in [2.45, 2.75) is 13.3 Å². The fourth-order valence-electron chi connectivity index (χ4n) is 3.66. The van der Waals surface area contributed by atoms with Gasteiger partial charge >= 0.3 is 5.91 Å². The number of para-hydroxylation sites is 1. The van der Waals surface area contributed by atoms with E-state index in [4.69, 9.17) is 14.2 Å². The Bertz CT molecular complexity index is 1500. The minimum absolute atomic E-state index is 0.146. The molecule has 3 aromatic heterocycles. The molecule has 0 bridgehead atoms. The third kappa shape index (κ3) is 5.89. The molecule has 12 nitrogen and oxygen atoms in total. The first-order valence-electron chi connectivity index (χ1n) is 11.6. The van der Waals surface area contributed by atoms with Crippen LogP contribution in [0.1, 0.15) is 23.1 Å². The molecule has 0 aliphatic rings. The summed E-state index contributed by atoms with van der Waals surface area (Å²) in [5.74, 6) is -0.468. The molecule has 0 aliphatic carbocycles. The fourth-order valence-corrected chi connectivity index (χ4v) is 4.65. The Kier molecular flexibility index (Phi) is 8.16. The maximum atomic E-state index is 13.3. The molecule has 0 fully saturated rings. The van der Waals surface area contributed by atoms with Gasteiger partial charge in [0.1, 0.15) is 22.9 Å². The Labute approximate surface area is 219 Å². The predicted octanol–water partition coefficient (Wildman–Crippen LogP) is 2.44. The van der Waals surface area contributed by atoms with Gasteiger partial charge in [0, 0.05) is 18.5 Å². The third-order valence-electron chi connectivity index (χ3n) is 5.37. The van der Waals surface area contributed by atoms with E-state index in [2.05, 4.69) is 24.9 Å². The number of hydrogen-bond acceptors (Lipinski definition) is 10. The summed E-state index contributed by atoms with van der Waals surface area (Å²) >= 11 is 0. The quantitative estimate of drug-likeness (QED) is 0.302. The number of aryl methyl sites for hydroxylation is 1. The maximum Gasteiger partial charge on any atom is 0.303 e. The number of pyridine rings is 2. The smallest absolute Gasteiger partial charge is 0.303 e. The standard InChI is InChI=1S/C25H26N6O6S/c1-4-37-21-12-5-9-18(27-21)23-28-29-24(31(23)22-19(35-2)10-6-11-20(22)36-3)25(32)30-38(33,34)15-13-17-8-7-14-26-16-17/h5-12,14,16H,4,13,15H2,1-3H3,(H,30,32). The van der Waals surface area contributed by atoms with Crippen molar-refractivity contribution < 1.29 is 27.4 Å². The highest BCUT2D eigenvalue weighted by Gasteiger charge is 2.29. The van der Waals surface area contributed by atoms with Crippen molar-refractivity contribution >= 4 is 15.9 Å². The van der Waals surface area contributed by atoms with Crippen LogP contribution < -0.4 is 18.9 Å². The van der Waals surface area contributed by atoms with Gasteiger partial charge in [-0.3, -0.25) is 14.3 Å². The average Bonchev–Trinajstić information content (AvgIpc) is 3.37. The minimum atomic E-state index is -4.03. The monoisotopic (exact) mass is 538 g/mol. The molecule has 3 heterocycles. The van der Waals surface area contributed by atoms with Gasteiger partial charge in [0.15, 0.2) is 5.82 Å². The highest BCUT2D eigenvalue weighted by atomic mass is 32.2. The highest BCUT2D eigenvalue weighted by Crippen LogP contribution is 2.36. The van der Waals surface area contributed by atoms with E-state index in [0.717, 1.165) is 5.56 Å². The summed E-state index contributed by atoms with van der Waals surface area (Å²) in [5, 5.41) is 8.21. The lowest BCUT2D eigenvalue weighted by molar-refractivity contribution is 0.0969. The molecule has 4 aromatic rings. The number of methoxy groups -OCH3 is 2. The molecule has 1 amide bonds. The molecule has 13 heteroatoms. The van der Waals surface area contributed by atoms with Crippen molar-refractivity contribution in [3.05, 3.63) is 72.3 Å². The van der Waals surface area contributed by atoms with Crippen molar-refractivity contribution in [3.63, 3.8) is 0 Å². The van der Waals surface area contributed by atoms with Crippen LogP contribution in [0.5, 0.6) is 17.4 Å². The molecule has 1 N–H and O–H groups in total. The first kappa shape index (κ1) is 26.5. The first-order valence-corrected chi connectivity index (χ1v) is 13.2. The van der Waals surface area contributed by atoms with Gasteiger partial charge in [0.2, 0.25) is 21.7 Å². The zero-order chi connectivity index (χ0) is 27.1. The molecular formula is C25H26N6O6S. The Balaban J connectivity index is 1.78. The van der Waals surface area contributed by atoms with Crippen LogP contribution in [0.15, 0.2) is 60.9 Å². The lowest BCUT2D eigenvalue weighted by atomic mass is 10.2. The van der Waals surface area contributed by atoms with Crippen LogP contribution in [0, 0.1) is 0 Å². The first-order chi connectivity index (χ1) is 18.4. The molecule has 4 rings (SSSR count). The Morgan fingerprint density at radius 1 is 1.00 bits per heavy atom. The number of aromatic nitrogens is 5. The van der Waals surface area contributed by atoms with Gasteiger partial charge in [-0.15, -0.1) is 10.2 Å². The van der Waals surface area contributed by atoms with Crippen molar-refractivity contribution in [1.82, 2.24) is 29.5 Å². The highest BCUT2D eigenvalue weighted by molar-refractivity contribution is 7.90. The fraction of sp³-hybridized carbons (Fsp3) is 0.240. The normalized spacial score (nSPS) is 11.1. The second-order valence-electron chi connectivity index (χ2n) is 7.85. The molecule has 0 saturated heterocycles. The van der Waals surface area contributed by atoms with Crippen LogP contribution in [-0.4, -0.2) is 65.6 Å². The van der Waals surface area contributed by atoms with Gasteiger partial charge in [0.05, 0.1) is 26.6 Å². The van der Waals surface area contributed by atoms with Crippen molar-refractivity contribution in [3.8, 4) is 34.6 Å². The van der Waals surface area contributed by atoms with E-state index in [1.807, 2.05) is 6.92 Å². The number of amides is 1. The number of carbonyl (C=O) groups excluding carboxylic acids is 1. The molecule has 1 aromatic carbocycles. The third-order valence-corrected chi connectivity index (χ3v) is 6.60. The largest absolute Gasteiger partial charge is 0.494 e. The van der Waals surface area contributed by atoms with Crippen LogP contribution in [0.2, 0.25) is 0 Å². The van der Waals surface area contributed by atoms with E-state index in [-0.39, 0.29) is 23.8 Å². The van der Waals surface area contributed by atoms with Crippen LogP contribution in [0.3, 0.4) is 0 Å². The zero-order valence-electron chi connectivity index (χ0n) is 21.0. The molecule has 0 radical (unpaired) electrons. The summed E-state index contributed by atoms with van der Waals surface area (Å²) in [6.07, 6.45) is 3.33. The molecule has 0 saturated carbocycles. The van der Waals surface area contributed by atoms with Gasteiger partial charge in [-0.1, -0.05) is 18.2 Å². The molecule has 198 valence electrons. The second-order valence-corrected chi connectivity index (χ2v) is 9.69. The minimum Gasteiger partial charge on any atom is -0.494 e. The van der Waals surface area contributed by atoms with Gasteiger partial charge in [0.25, 0.3) is 0 Å². The lowest BCUT2D eigenvalue weighted by Gasteiger charge is -2.17. The van der Waals surface area contributed by atoms with Crippen LogP contribution in [0.4, 0.5) is 0 Å². The predicted molar refractivity (Wildman–Crippen MR) is 138 cm³/mol. The van der Waals surface area contributed by atoms with E-state index in [1.54, 1.807) is 60.9 Å². The number of sulfonamides is 1. The number of benzene rings is 1. The number of nitrogens with zero attached hydrogens (tertiary/aromatic N) is 5. The Morgan fingerprint density at radius 2 is 1.74 bits per heavy atom. The number of rotatable bonds is 11. The van der Waals surface area contributed by atoms with Gasteiger partial charge in [-0.2, -0.15) is 0 Å². The zero-order valence-corrected chi connectivity index (χ0v) is 21.8. The van der Waals surface area contributed by atoms with Crippen molar-refractivity contribution in [2.24, 2.45) is 0 Å². The van der Waals surface area contributed by atoms with E-state index in [9.17, 15) is 13.2 Å². The Hall–Kier alpha value is -4.52. The number of carbonyl (C=O) groups is 1. The summed E-state index contributed by atoms with van der Waals surface area (Å²) < 4.78 is 45.6. The van der Waals surface area contributed by atoms with Crippen molar-refractivity contribution in [2.75, 3.05) is 26.6 Å². The van der Waals surface area contributed by atoms with Gasteiger partial charge < -0.3 is 14.2 Å². The average molecular weight is 539 g/mol. The number of nitrogens with one attached hydrogen (secondary N) is 1. The molecule has 0 aliphatic heterocycles. The summed E-state index contributed by atoms with van der Waals surface area (Å²) in [5.41, 5.74) is 1.34.